The maximum Gasteiger partial charge on any atom is 0.191 e. The van der Waals surface area contributed by atoms with E-state index in [0.717, 1.165) is 51.6 Å². The van der Waals surface area contributed by atoms with E-state index in [-0.39, 0.29) is 0 Å². The van der Waals surface area contributed by atoms with Gasteiger partial charge in [0.25, 0.3) is 0 Å². The minimum Gasteiger partial charge on any atom is -0.371 e. The number of aliphatic imine (C=N–C) groups is 1. The van der Waals surface area contributed by atoms with Crippen LogP contribution in [0.15, 0.2) is 53.8 Å². The van der Waals surface area contributed by atoms with Gasteiger partial charge in [-0.15, -0.1) is 0 Å². The first-order valence-corrected chi connectivity index (χ1v) is 9.64. The molecule has 1 aliphatic heterocycles. The predicted molar refractivity (Wildman–Crippen MR) is 108 cm³/mol. The summed E-state index contributed by atoms with van der Waals surface area (Å²) in [5.74, 6) is 1.54. The lowest BCUT2D eigenvalue weighted by Crippen LogP contribution is -2.38. The number of aryl methyl sites for hydroxylation is 1. The predicted octanol–water partition coefficient (Wildman–Crippen LogP) is 2.35. The molecule has 0 aliphatic carbocycles. The third-order valence-electron chi connectivity index (χ3n) is 4.67. The van der Waals surface area contributed by atoms with E-state index in [2.05, 4.69) is 57.9 Å². The van der Waals surface area contributed by atoms with Gasteiger partial charge in [-0.05, 0) is 43.9 Å². The molecule has 1 aromatic heterocycles. The summed E-state index contributed by atoms with van der Waals surface area (Å²) >= 11 is 0. The average molecular weight is 355 g/mol. The molecule has 2 aromatic rings. The van der Waals surface area contributed by atoms with Crippen LogP contribution in [0, 0.1) is 5.92 Å². The first-order valence-electron chi connectivity index (χ1n) is 9.64. The third-order valence-corrected chi connectivity index (χ3v) is 4.67. The summed E-state index contributed by atoms with van der Waals surface area (Å²) in [6.07, 6.45) is 6.05. The lowest BCUT2D eigenvalue weighted by molar-refractivity contribution is 0.567. The summed E-state index contributed by atoms with van der Waals surface area (Å²) in [5, 5.41) is 11.0. The Morgan fingerprint density at radius 2 is 2.12 bits per heavy atom. The highest BCUT2D eigenvalue weighted by atomic mass is 15.3. The number of hydrogen-bond acceptors (Lipinski definition) is 3. The van der Waals surface area contributed by atoms with E-state index in [0.29, 0.717) is 5.92 Å². The van der Waals surface area contributed by atoms with Gasteiger partial charge in [0.1, 0.15) is 0 Å². The zero-order valence-corrected chi connectivity index (χ0v) is 15.6. The number of rotatable bonds is 8. The van der Waals surface area contributed by atoms with Crippen LogP contribution in [-0.2, 0) is 6.54 Å². The molecule has 1 saturated heterocycles. The van der Waals surface area contributed by atoms with Gasteiger partial charge in [-0.3, -0.25) is 9.67 Å². The molecule has 2 heterocycles. The first kappa shape index (κ1) is 18.3. The Bertz CT molecular complexity index is 652. The fourth-order valence-corrected chi connectivity index (χ4v) is 3.30. The number of nitrogens with one attached hydrogen (secondary N) is 2. The standard InChI is InChI=1S/C20H30N6/c1-2-21-20(22-11-6-13-26-14-7-12-24-26)23-16-18-10-15-25(17-18)19-8-4-3-5-9-19/h3-5,7-9,12,14,18H,2,6,10-11,13,15-17H2,1H3,(H2,21,22,23). The Labute approximate surface area is 156 Å². The SMILES string of the molecule is CCNC(=NCC1CCN(c2ccccc2)C1)NCCCn1cccn1. The molecular formula is C20H30N6. The van der Waals surface area contributed by atoms with Crippen LogP contribution in [0.25, 0.3) is 0 Å². The topological polar surface area (TPSA) is 57.5 Å². The zero-order valence-electron chi connectivity index (χ0n) is 15.6. The van der Waals surface area contributed by atoms with E-state index < -0.39 is 0 Å². The van der Waals surface area contributed by atoms with Crippen LogP contribution in [-0.4, -0.2) is 48.5 Å². The van der Waals surface area contributed by atoms with Crippen molar-refractivity contribution >= 4 is 11.6 Å². The Hall–Kier alpha value is -2.50. The molecule has 2 N–H and O–H groups in total. The molecule has 140 valence electrons. The van der Waals surface area contributed by atoms with E-state index >= 15 is 0 Å². The van der Waals surface area contributed by atoms with Gasteiger partial charge < -0.3 is 15.5 Å². The smallest absolute Gasteiger partial charge is 0.191 e. The van der Waals surface area contributed by atoms with Gasteiger partial charge >= 0.3 is 0 Å². The van der Waals surface area contributed by atoms with Crippen molar-refractivity contribution < 1.29 is 0 Å². The lowest BCUT2D eigenvalue weighted by Gasteiger charge is -2.18. The second-order valence-corrected chi connectivity index (χ2v) is 6.71. The van der Waals surface area contributed by atoms with Crippen LogP contribution in [0.3, 0.4) is 0 Å². The van der Waals surface area contributed by atoms with Crippen molar-refractivity contribution in [2.24, 2.45) is 10.9 Å². The summed E-state index contributed by atoms with van der Waals surface area (Å²) in [7, 11) is 0. The van der Waals surface area contributed by atoms with Crippen LogP contribution < -0.4 is 15.5 Å². The van der Waals surface area contributed by atoms with Gasteiger partial charge in [-0.1, -0.05) is 18.2 Å². The summed E-state index contributed by atoms with van der Waals surface area (Å²) in [6.45, 7) is 7.89. The summed E-state index contributed by atoms with van der Waals surface area (Å²) in [6, 6.07) is 12.6. The minimum absolute atomic E-state index is 0.620. The van der Waals surface area contributed by atoms with Crippen molar-refractivity contribution in [3.8, 4) is 0 Å². The quantitative estimate of drug-likeness (QED) is 0.434. The highest BCUT2D eigenvalue weighted by molar-refractivity contribution is 5.79. The van der Waals surface area contributed by atoms with Crippen LogP contribution in [0.2, 0.25) is 0 Å². The van der Waals surface area contributed by atoms with Gasteiger partial charge in [0.05, 0.1) is 0 Å². The number of aromatic nitrogens is 2. The largest absolute Gasteiger partial charge is 0.371 e. The molecule has 6 nitrogen and oxygen atoms in total. The van der Waals surface area contributed by atoms with E-state index in [9.17, 15) is 0 Å². The Balaban J connectivity index is 1.42. The molecule has 0 bridgehead atoms. The Morgan fingerprint density at radius 1 is 1.23 bits per heavy atom. The molecule has 3 rings (SSSR count). The zero-order chi connectivity index (χ0) is 18.0. The van der Waals surface area contributed by atoms with Gasteiger partial charge in [-0.25, -0.2) is 0 Å². The van der Waals surface area contributed by atoms with Gasteiger partial charge in [0.2, 0.25) is 0 Å². The van der Waals surface area contributed by atoms with Crippen molar-refractivity contribution in [1.82, 2.24) is 20.4 Å². The van der Waals surface area contributed by atoms with Gasteiger partial charge in [0.15, 0.2) is 5.96 Å². The molecule has 1 unspecified atom stereocenters. The number of benzene rings is 1. The van der Waals surface area contributed by atoms with Crippen molar-refractivity contribution in [3.63, 3.8) is 0 Å². The summed E-state index contributed by atoms with van der Waals surface area (Å²) in [5.41, 5.74) is 1.32. The van der Waals surface area contributed by atoms with Crippen molar-refractivity contribution in [1.29, 1.82) is 0 Å². The molecular weight excluding hydrogens is 324 g/mol. The highest BCUT2D eigenvalue weighted by Crippen LogP contribution is 2.23. The van der Waals surface area contributed by atoms with E-state index in [1.54, 1.807) is 0 Å². The molecule has 1 aliphatic rings. The van der Waals surface area contributed by atoms with Gasteiger partial charge in [0, 0.05) is 57.3 Å². The number of anilines is 1. The second-order valence-electron chi connectivity index (χ2n) is 6.71. The number of guanidine groups is 1. The highest BCUT2D eigenvalue weighted by Gasteiger charge is 2.22. The van der Waals surface area contributed by atoms with Crippen molar-refractivity contribution in [2.45, 2.75) is 26.3 Å². The summed E-state index contributed by atoms with van der Waals surface area (Å²) in [4.78, 5) is 7.27. The Kier molecular flexibility index (Phi) is 6.93. The van der Waals surface area contributed by atoms with E-state index in [1.807, 2.05) is 23.1 Å². The van der Waals surface area contributed by atoms with E-state index in [4.69, 9.17) is 4.99 Å². The van der Waals surface area contributed by atoms with Crippen LogP contribution in [0.5, 0.6) is 0 Å². The number of nitrogens with zero attached hydrogens (tertiary/aromatic N) is 4. The molecule has 1 fully saturated rings. The van der Waals surface area contributed by atoms with Gasteiger partial charge in [-0.2, -0.15) is 5.10 Å². The maximum atomic E-state index is 4.80. The van der Waals surface area contributed by atoms with Crippen LogP contribution in [0.4, 0.5) is 5.69 Å². The fraction of sp³-hybridized carbons (Fsp3) is 0.500. The monoisotopic (exact) mass is 354 g/mol. The maximum absolute atomic E-state index is 4.80. The molecule has 1 aromatic carbocycles. The molecule has 26 heavy (non-hydrogen) atoms. The van der Waals surface area contributed by atoms with Crippen molar-refractivity contribution in [2.75, 3.05) is 37.6 Å². The summed E-state index contributed by atoms with van der Waals surface area (Å²) < 4.78 is 1.96. The third kappa shape index (κ3) is 5.51. The normalized spacial score (nSPS) is 17.5. The average Bonchev–Trinajstić information content (AvgIpc) is 3.36. The molecule has 0 radical (unpaired) electrons. The Morgan fingerprint density at radius 3 is 2.88 bits per heavy atom. The minimum atomic E-state index is 0.620. The molecule has 0 saturated carbocycles. The second kappa shape index (κ2) is 9.85. The number of para-hydroxylation sites is 1. The lowest BCUT2D eigenvalue weighted by atomic mass is 10.1. The van der Waals surface area contributed by atoms with Crippen LogP contribution >= 0.6 is 0 Å². The molecule has 0 spiro atoms. The molecule has 0 amide bonds. The molecule has 1 atom stereocenters. The molecule has 6 heteroatoms. The van der Waals surface area contributed by atoms with Crippen LogP contribution in [0.1, 0.15) is 19.8 Å². The fourth-order valence-electron chi connectivity index (χ4n) is 3.30. The van der Waals surface area contributed by atoms with E-state index in [1.165, 1.54) is 12.1 Å². The van der Waals surface area contributed by atoms with Crippen molar-refractivity contribution in [3.05, 3.63) is 48.8 Å². The number of hydrogen-bond donors (Lipinski definition) is 2. The first-order chi connectivity index (χ1) is 12.8.